The summed E-state index contributed by atoms with van der Waals surface area (Å²) >= 11 is 0. The zero-order valence-corrected chi connectivity index (χ0v) is 16.9. The van der Waals surface area contributed by atoms with Crippen LogP contribution in [0.25, 0.3) is 11.0 Å². The van der Waals surface area contributed by atoms with Crippen LogP contribution in [0.1, 0.15) is 25.0 Å². The summed E-state index contributed by atoms with van der Waals surface area (Å²) in [5, 5.41) is 3.75. The van der Waals surface area contributed by atoms with Crippen LogP contribution in [0.5, 0.6) is 11.5 Å². The average molecular weight is 395 g/mol. The number of carbonyl (C=O) groups is 1. The van der Waals surface area contributed by atoms with E-state index >= 15 is 0 Å². The minimum absolute atomic E-state index is 0.206. The third-order valence-corrected chi connectivity index (χ3v) is 4.74. The van der Waals surface area contributed by atoms with E-state index in [1.807, 2.05) is 37.3 Å². The number of fused-ring (bicyclic) bond motifs is 1. The number of carbonyl (C=O) groups excluding carboxylic acids is 1. The molecule has 6 heteroatoms. The minimum Gasteiger partial charge on any atom is -0.497 e. The molecular formula is C23H25NO5. The summed E-state index contributed by atoms with van der Waals surface area (Å²) in [7, 11) is 1.63. The molecule has 0 radical (unpaired) electrons. The Morgan fingerprint density at radius 3 is 2.52 bits per heavy atom. The van der Waals surface area contributed by atoms with Crippen molar-refractivity contribution in [3.8, 4) is 11.5 Å². The van der Waals surface area contributed by atoms with Gasteiger partial charge in [-0.15, -0.1) is 0 Å². The van der Waals surface area contributed by atoms with Crippen LogP contribution in [0.15, 0.2) is 57.7 Å². The molecule has 0 aliphatic carbocycles. The predicted molar refractivity (Wildman–Crippen MR) is 112 cm³/mol. The Kier molecular flexibility index (Phi) is 6.54. The molecule has 1 N–H and O–H groups in total. The predicted octanol–water partition coefficient (Wildman–Crippen LogP) is 3.49. The molecular weight excluding hydrogens is 370 g/mol. The second-order valence-corrected chi connectivity index (χ2v) is 6.75. The van der Waals surface area contributed by atoms with Crippen molar-refractivity contribution in [1.82, 2.24) is 5.32 Å². The highest BCUT2D eigenvalue weighted by molar-refractivity contribution is 5.83. The molecule has 1 amide bonds. The first-order valence-electron chi connectivity index (χ1n) is 9.64. The van der Waals surface area contributed by atoms with Crippen molar-refractivity contribution in [3.63, 3.8) is 0 Å². The third kappa shape index (κ3) is 5.16. The molecule has 0 saturated carbocycles. The zero-order chi connectivity index (χ0) is 20.8. The van der Waals surface area contributed by atoms with E-state index in [1.165, 1.54) is 6.07 Å². The van der Waals surface area contributed by atoms with Gasteiger partial charge in [-0.25, -0.2) is 4.79 Å². The number of benzene rings is 2. The summed E-state index contributed by atoms with van der Waals surface area (Å²) < 4.78 is 16.1. The molecule has 3 aromatic rings. The lowest BCUT2D eigenvalue weighted by molar-refractivity contribution is -0.127. The Balaban J connectivity index is 1.58. The first kappa shape index (κ1) is 20.5. The van der Waals surface area contributed by atoms with Gasteiger partial charge in [0, 0.05) is 24.1 Å². The van der Waals surface area contributed by atoms with Crippen LogP contribution < -0.4 is 20.4 Å². The topological polar surface area (TPSA) is 77.8 Å². The van der Waals surface area contributed by atoms with E-state index in [2.05, 4.69) is 5.32 Å². The molecule has 6 nitrogen and oxygen atoms in total. The number of methoxy groups -OCH3 is 1. The summed E-state index contributed by atoms with van der Waals surface area (Å²) in [4.78, 5) is 24.0. The number of aryl methyl sites for hydroxylation is 1. The normalized spacial score (nSPS) is 11.8. The molecule has 0 bridgehead atoms. The zero-order valence-electron chi connectivity index (χ0n) is 16.9. The highest BCUT2D eigenvalue weighted by Crippen LogP contribution is 2.23. The Hall–Kier alpha value is -3.28. The smallest absolute Gasteiger partial charge is 0.336 e. The molecule has 1 unspecified atom stereocenters. The second-order valence-electron chi connectivity index (χ2n) is 6.75. The summed E-state index contributed by atoms with van der Waals surface area (Å²) in [5.74, 6) is 1.08. The Labute approximate surface area is 169 Å². The van der Waals surface area contributed by atoms with Gasteiger partial charge in [0.15, 0.2) is 6.10 Å². The van der Waals surface area contributed by atoms with Crippen molar-refractivity contribution < 1.29 is 18.7 Å². The fourth-order valence-electron chi connectivity index (χ4n) is 3.10. The number of amides is 1. The van der Waals surface area contributed by atoms with Crippen LogP contribution >= 0.6 is 0 Å². The van der Waals surface area contributed by atoms with Crippen molar-refractivity contribution in [1.29, 1.82) is 0 Å². The van der Waals surface area contributed by atoms with E-state index in [-0.39, 0.29) is 5.91 Å². The van der Waals surface area contributed by atoms with Gasteiger partial charge in [-0.05, 0) is 55.2 Å². The highest BCUT2D eigenvalue weighted by atomic mass is 16.5. The van der Waals surface area contributed by atoms with Crippen LogP contribution in [0.2, 0.25) is 0 Å². The Morgan fingerprint density at radius 1 is 1.10 bits per heavy atom. The first-order valence-corrected chi connectivity index (χ1v) is 9.64. The van der Waals surface area contributed by atoms with Gasteiger partial charge >= 0.3 is 5.63 Å². The first-order chi connectivity index (χ1) is 14.0. The SMILES string of the molecule is CCc1cc(=O)oc2cc(OC(C)C(=O)NCCc3ccc(OC)cc3)ccc12. The molecule has 0 saturated heterocycles. The molecule has 0 fully saturated rings. The molecule has 0 aliphatic rings. The summed E-state index contributed by atoms with van der Waals surface area (Å²) in [6, 6.07) is 14.5. The fourth-order valence-corrected chi connectivity index (χ4v) is 3.10. The minimum atomic E-state index is -0.676. The number of hydrogen-bond donors (Lipinski definition) is 1. The quantitative estimate of drug-likeness (QED) is 0.591. The number of ether oxygens (including phenoxy) is 2. The van der Waals surface area contributed by atoms with Crippen LogP contribution in [0, 0.1) is 0 Å². The van der Waals surface area contributed by atoms with E-state index < -0.39 is 11.7 Å². The molecule has 0 spiro atoms. The van der Waals surface area contributed by atoms with Crippen LogP contribution in [0.3, 0.4) is 0 Å². The van der Waals surface area contributed by atoms with Gasteiger partial charge in [0.25, 0.3) is 5.91 Å². The largest absolute Gasteiger partial charge is 0.497 e. The number of rotatable bonds is 8. The standard InChI is InChI=1S/C23H25NO5/c1-4-17-13-22(25)29-21-14-19(9-10-20(17)21)28-15(2)23(26)24-12-11-16-5-7-18(27-3)8-6-16/h5-10,13-15H,4,11-12H2,1-3H3,(H,24,26). The Morgan fingerprint density at radius 2 is 1.83 bits per heavy atom. The van der Waals surface area contributed by atoms with E-state index in [9.17, 15) is 9.59 Å². The van der Waals surface area contributed by atoms with Gasteiger partial charge < -0.3 is 19.2 Å². The van der Waals surface area contributed by atoms with Crippen molar-refractivity contribution in [2.24, 2.45) is 0 Å². The fraction of sp³-hybridized carbons (Fsp3) is 0.304. The highest BCUT2D eigenvalue weighted by Gasteiger charge is 2.15. The molecule has 152 valence electrons. The molecule has 1 aromatic heterocycles. The van der Waals surface area contributed by atoms with Gasteiger partial charge in [0.1, 0.15) is 17.1 Å². The molecule has 2 aromatic carbocycles. The molecule has 0 aliphatic heterocycles. The van der Waals surface area contributed by atoms with E-state index in [4.69, 9.17) is 13.9 Å². The lowest BCUT2D eigenvalue weighted by Gasteiger charge is -2.15. The van der Waals surface area contributed by atoms with Crippen LogP contribution in [-0.4, -0.2) is 25.7 Å². The van der Waals surface area contributed by atoms with Crippen molar-refractivity contribution in [2.75, 3.05) is 13.7 Å². The van der Waals surface area contributed by atoms with Gasteiger partial charge in [-0.1, -0.05) is 19.1 Å². The third-order valence-electron chi connectivity index (χ3n) is 4.74. The molecule has 29 heavy (non-hydrogen) atoms. The maximum Gasteiger partial charge on any atom is 0.336 e. The van der Waals surface area contributed by atoms with Crippen molar-refractivity contribution in [2.45, 2.75) is 32.8 Å². The Bertz CT molecular complexity index is 1040. The van der Waals surface area contributed by atoms with Crippen molar-refractivity contribution >= 4 is 16.9 Å². The molecule has 1 atom stereocenters. The average Bonchev–Trinajstić information content (AvgIpc) is 2.73. The van der Waals surface area contributed by atoms with Gasteiger partial charge in [-0.2, -0.15) is 0 Å². The monoisotopic (exact) mass is 395 g/mol. The maximum atomic E-state index is 12.3. The van der Waals surface area contributed by atoms with E-state index in [0.717, 1.165) is 28.7 Å². The number of nitrogens with one attached hydrogen (secondary N) is 1. The van der Waals surface area contributed by atoms with Crippen LogP contribution in [0.4, 0.5) is 0 Å². The number of hydrogen-bond acceptors (Lipinski definition) is 5. The van der Waals surface area contributed by atoms with Crippen LogP contribution in [-0.2, 0) is 17.6 Å². The summed E-state index contributed by atoms with van der Waals surface area (Å²) in [6.07, 6.45) is 0.767. The summed E-state index contributed by atoms with van der Waals surface area (Å²) in [5.41, 5.74) is 2.10. The lowest BCUT2D eigenvalue weighted by atomic mass is 10.1. The van der Waals surface area contributed by atoms with E-state index in [0.29, 0.717) is 24.3 Å². The summed E-state index contributed by atoms with van der Waals surface area (Å²) in [6.45, 7) is 4.17. The van der Waals surface area contributed by atoms with Crippen molar-refractivity contribution in [3.05, 3.63) is 70.1 Å². The maximum absolute atomic E-state index is 12.3. The van der Waals surface area contributed by atoms with E-state index in [1.54, 1.807) is 26.2 Å². The van der Waals surface area contributed by atoms with Gasteiger partial charge in [-0.3, -0.25) is 4.79 Å². The lowest BCUT2D eigenvalue weighted by Crippen LogP contribution is -2.37. The van der Waals surface area contributed by atoms with Gasteiger partial charge in [0.05, 0.1) is 7.11 Å². The molecule has 1 heterocycles. The second kappa shape index (κ2) is 9.28. The molecule has 3 rings (SSSR count). The van der Waals surface area contributed by atoms with Gasteiger partial charge in [0.2, 0.25) is 0 Å².